The Morgan fingerprint density at radius 1 is 0.607 bits per heavy atom. The third kappa shape index (κ3) is 25.8. The lowest BCUT2D eigenvalue weighted by Crippen LogP contribution is -2.24. The second-order valence-electron chi connectivity index (χ2n) is 7.81. The van der Waals surface area contributed by atoms with Crippen LogP contribution in [0.3, 0.4) is 0 Å². The maximum absolute atomic E-state index is 5.24. The van der Waals surface area contributed by atoms with E-state index in [-0.39, 0.29) is 11.2 Å². The molecule has 0 saturated carbocycles. The molecule has 4 nitrogen and oxygen atoms in total. The van der Waals surface area contributed by atoms with Crippen molar-refractivity contribution in [3.05, 3.63) is 0 Å². The van der Waals surface area contributed by atoms with Crippen LogP contribution in [0.25, 0.3) is 0 Å². The minimum absolute atomic E-state index is 0.0833. The molecule has 0 aromatic carbocycles. The maximum Gasteiger partial charge on any atom is 0.0645 e. The molecule has 0 aromatic heterocycles. The van der Waals surface area contributed by atoms with E-state index in [0.717, 1.165) is 38.5 Å². The highest BCUT2D eigenvalue weighted by atomic mass is 16.5. The minimum atomic E-state index is 0.0833. The van der Waals surface area contributed by atoms with Gasteiger partial charge in [0.2, 0.25) is 0 Å². The van der Waals surface area contributed by atoms with Gasteiger partial charge >= 0.3 is 0 Å². The third-order valence-electron chi connectivity index (χ3n) is 5.61. The first-order chi connectivity index (χ1) is 13.0. The van der Waals surface area contributed by atoms with Crippen LogP contribution in [0.5, 0.6) is 0 Å². The molecule has 0 aromatic rings. The minimum Gasteiger partial charge on any atom is -0.382 e. The molecule has 0 aliphatic rings. The fourth-order valence-corrected chi connectivity index (χ4v) is 1.47. The van der Waals surface area contributed by atoms with Crippen molar-refractivity contribution >= 4 is 0 Å². The molecule has 0 aliphatic heterocycles. The molecule has 0 rings (SSSR count). The largest absolute Gasteiger partial charge is 0.382 e. The molecule has 0 heterocycles. The van der Waals surface area contributed by atoms with Crippen LogP contribution in [0.15, 0.2) is 0 Å². The van der Waals surface area contributed by atoms with E-state index in [4.69, 9.17) is 18.9 Å². The van der Waals surface area contributed by atoms with Crippen LogP contribution >= 0.6 is 0 Å². The van der Waals surface area contributed by atoms with E-state index >= 15 is 0 Å². The monoisotopic (exact) mass is 408 g/mol. The SMILES string of the molecule is CCC(C)(C)OC.CCC(C)(CC)OC.CCC(C)OC.CCC(CC)OC. The number of hydrogen-bond donors (Lipinski definition) is 0. The van der Waals surface area contributed by atoms with Crippen LogP contribution in [-0.2, 0) is 18.9 Å². The Morgan fingerprint density at radius 3 is 1.04 bits per heavy atom. The highest BCUT2D eigenvalue weighted by Gasteiger charge is 2.16. The summed E-state index contributed by atoms with van der Waals surface area (Å²) in [6.07, 6.45) is 7.56. The average molecular weight is 409 g/mol. The maximum atomic E-state index is 5.24. The Hall–Kier alpha value is -0.160. The first kappa shape index (κ1) is 35.3. The first-order valence-electron chi connectivity index (χ1n) is 11.1. The highest BCUT2D eigenvalue weighted by Crippen LogP contribution is 2.16. The molecular formula is C24H56O4. The van der Waals surface area contributed by atoms with E-state index in [2.05, 4.69) is 69.2 Å². The van der Waals surface area contributed by atoms with Crippen LogP contribution in [0.1, 0.15) is 108 Å². The lowest BCUT2D eigenvalue weighted by Gasteiger charge is -2.24. The van der Waals surface area contributed by atoms with Gasteiger partial charge in [0, 0.05) is 28.4 Å². The zero-order chi connectivity index (χ0) is 23.2. The molecule has 1 atom stereocenters. The summed E-state index contributed by atoms with van der Waals surface area (Å²) in [4.78, 5) is 0. The van der Waals surface area contributed by atoms with Gasteiger partial charge in [0.05, 0.1) is 23.4 Å². The summed E-state index contributed by atoms with van der Waals surface area (Å²) in [7, 11) is 7.00. The molecule has 1 unspecified atom stereocenters. The molecular weight excluding hydrogens is 352 g/mol. The molecule has 4 heteroatoms. The van der Waals surface area contributed by atoms with Crippen molar-refractivity contribution in [2.45, 2.75) is 131 Å². The van der Waals surface area contributed by atoms with Crippen molar-refractivity contribution in [2.75, 3.05) is 28.4 Å². The molecule has 0 bridgehead atoms. The van der Waals surface area contributed by atoms with E-state index in [1.165, 1.54) is 0 Å². The normalized spacial score (nSPS) is 12.1. The smallest absolute Gasteiger partial charge is 0.0645 e. The van der Waals surface area contributed by atoms with Gasteiger partial charge in [-0.05, 0) is 66.2 Å². The van der Waals surface area contributed by atoms with Crippen molar-refractivity contribution in [1.82, 2.24) is 0 Å². The Balaban J connectivity index is -0.000000138. The van der Waals surface area contributed by atoms with Gasteiger partial charge in [-0.1, -0.05) is 41.5 Å². The lowest BCUT2D eigenvalue weighted by atomic mass is 10.0. The van der Waals surface area contributed by atoms with Gasteiger partial charge in [0.25, 0.3) is 0 Å². The van der Waals surface area contributed by atoms with E-state index in [0.29, 0.717) is 12.2 Å². The summed E-state index contributed by atoms with van der Waals surface area (Å²) < 4.78 is 20.3. The van der Waals surface area contributed by atoms with E-state index in [1.54, 1.807) is 28.4 Å². The molecule has 0 radical (unpaired) electrons. The second-order valence-corrected chi connectivity index (χ2v) is 7.81. The standard InChI is InChI=1S/C7H16O.2C6H14O.C5H12O/c1-5-7(3,6-2)8-4;1-5-6(2,3)7-4;1-4-6(5-2)7-3;1-4-5(2)6-3/h5-6H2,1-4H3;5H2,1-4H3;6H,4-5H2,1-3H3;5H,4H2,1-3H3. The molecule has 0 amide bonds. The van der Waals surface area contributed by atoms with Gasteiger partial charge in [-0.2, -0.15) is 0 Å². The molecule has 0 spiro atoms. The zero-order valence-corrected chi connectivity index (χ0v) is 22.0. The molecule has 0 fully saturated rings. The predicted octanol–water partition coefficient (Wildman–Crippen LogP) is 7.29. The summed E-state index contributed by atoms with van der Waals surface area (Å²) in [5.74, 6) is 0. The Labute approximate surface area is 179 Å². The summed E-state index contributed by atoms with van der Waals surface area (Å²) in [5, 5.41) is 0. The molecule has 28 heavy (non-hydrogen) atoms. The van der Waals surface area contributed by atoms with E-state index < -0.39 is 0 Å². The van der Waals surface area contributed by atoms with Gasteiger partial charge in [-0.15, -0.1) is 0 Å². The van der Waals surface area contributed by atoms with Gasteiger partial charge in [-0.3, -0.25) is 0 Å². The van der Waals surface area contributed by atoms with Crippen LogP contribution < -0.4 is 0 Å². The lowest BCUT2D eigenvalue weighted by molar-refractivity contribution is -0.000195. The van der Waals surface area contributed by atoms with Crippen LogP contribution in [0.4, 0.5) is 0 Å². The van der Waals surface area contributed by atoms with Crippen molar-refractivity contribution in [1.29, 1.82) is 0 Å². The first-order valence-corrected chi connectivity index (χ1v) is 11.1. The summed E-state index contributed by atoms with van der Waals surface area (Å²) >= 11 is 0. The Bertz CT molecular complexity index is 248. The zero-order valence-electron chi connectivity index (χ0n) is 22.0. The van der Waals surface area contributed by atoms with E-state index in [1.807, 2.05) is 0 Å². The van der Waals surface area contributed by atoms with Crippen molar-refractivity contribution in [3.63, 3.8) is 0 Å². The molecule has 0 saturated heterocycles. The number of hydrogen-bond acceptors (Lipinski definition) is 4. The molecule has 0 aliphatic carbocycles. The average Bonchev–Trinajstić information content (AvgIpc) is 2.75. The Morgan fingerprint density at radius 2 is 1.04 bits per heavy atom. The van der Waals surface area contributed by atoms with Crippen LogP contribution in [0, 0.1) is 0 Å². The predicted molar refractivity (Wildman–Crippen MR) is 126 cm³/mol. The van der Waals surface area contributed by atoms with Gasteiger partial charge in [-0.25, -0.2) is 0 Å². The number of methoxy groups -OCH3 is 4. The van der Waals surface area contributed by atoms with Gasteiger partial charge in [0.1, 0.15) is 0 Å². The highest BCUT2D eigenvalue weighted by molar-refractivity contribution is 4.68. The Kier molecular flexibility index (Phi) is 29.1. The molecule has 176 valence electrons. The van der Waals surface area contributed by atoms with Crippen LogP contribution in [0.2, 0.25) is 0 Å². The third-order valence-corrected chi connectivity index (χ3v) is 5.61. The van der Waals surface area contributed by atoms with Crippen molar-refractivity contribution < 1.29 is 18.9 Å². The quantitative estimate of drug-likeness (QED) is 0.380. The number of ether oxygens (including phenoxy) is 4. The number of rotatable bonds is 10. The fraction of sp³-hybridized carbons (Fsp3) is 1.00. The summed E-state index contributed by atoms with van der Waals surface area (Å²) in [6, 6.07) is 0. The summed E-state index contributed by atoms with van der Waals surface area (Å²) in [5.41, 5.74) is 0.208. The summed E-state index contributed by atoms with van der Waals surface area (Å²) in [6.45, 7) is 21.1. The fourth-order valence-electron chi connectivity index (χ4n) is 1.47. The van der Waals surface area contributed by atoms with Gasteiger partial charge in [0.15, 0.2) is 0 Å². The topological polar surface area (TPSA) is 36.9 Å². The second kappa shape index (κ2) is 23.1. The van der Waals surface area contributed by atoms with Gasteiger partial charge < -0.3 is 18.9 Å². The molecule has 0 N–H and O–H groups in total. The van der Waals surface area contributed by atoms with E-state index in [9.17, 15) is 0 Å². The van der Waals surface area contributed by atoms with Crippen LogP contribution in [-0.4, -0.2) is 51.8 Å². The van der Waals surface area contributed by atoms with Crippen molar-refractivity contribution in [3.8, 4) is 0 Å². The van der Waals surface area contributed by atoms with Crippen molar-refractivity contribution in [2.24, 2.45) is 0 Å².